The van der Waals surface area contributed by atoms with E-state index >= 15 is 0 Å². The van der Waals surface area contributed by atoms with Gasteiger partial charge in [0, 0.05) is 37.6 Å². The molecule has 0 aliphatic heterocycles. The minimum atomic E-state index is -4.53. The number of halogens is 3. The SMILES string of the molecule is CCn1nc(-c2cccnc2)cc1N(C)C(=O)CC(F)(F)F. The molecule has 22 heavy (non-hydrogen) atoms. The van der Waals surface area contributed by atoms with Crippen LogP contribution in [0.15, 0.2) is 30.6 Å². The van der Waals surface area contributed by atoms with Gasteiger partial charge in [-0.15, -0.1) is 0 Å². The van der Waals surface area contributed by atoms with Crippen molar-refractivity contribution in [1.82, 2.24) is 14.8 Å². The molecular formula is C14H15F3N4O. The van der Waals surface area contributed by atoms with Gasteiger partial charge in [0.05, 0.1) is 5.69 Å². The Kier molecular flexibility index (Phi) is 4.48. The fourth-order valence-corrected chi connectivity index (χ4v) is 1.98. The van der Waals surface area contributed by atoms with Crippen LogP contribution in [0.5, 0.6) is 0 Å². The van der Waals surface area contributed by atoms with Gasteiger partial charge in [-0.3, -0.25) is 14.7 Å². The highest BCUT2D eigenvalue weighted by atomic mass is 19.4. The molecule has 2 rings (SSSR count). The first-order chi connectivity index (χ1) is 10.3. The molecule has 0 saturated carbocycles. The number of rotatable bonds is 4. The van der Waals surface area contributed by atoms with Crippen molar-refractivity contribution in [3.63, 3.8) is 0 Å². The third kappa shape index (κ3) is 3.63. The van der Waals surface area contributed by atoms with Gasteiger partial charge < -0.3 is 0 Å². The minimum Gasteiger partial charge on any atom is -0.300 e. The zero-order chi connectivity index (χ0) is 16.3. The van der Waals surface area contributed by atoms with E-state index < -0.39 is 18.5 Å². The van der Waals surface area contributed by atoms with E-state index in [1.54, 1.807) is 37.5 Å². The molecule has 8 heteroatoms. The summed E-state index contributed by atoms with van der Waals surface area (Å²) in [6.45, 7) is 2.23. The number of aryl methyl sites for hydroxylation is 1. The van der Waals surface area contributed by atoms with E-state index in [1.165, 1.54) is 11.7 Å². The first-order valence-corrected chi connectivity index (χ1v) is 6.63. The Balaban J connectivity index is 2.31. The topological polar surface area (TPSA) is 51.0 Å². The molecule has 0 unspecified atom stereocenters. The number of carbonyl (C=O) groups excluding carboxylic acids is 1. The number of alkyl halides is 3. The van der Waals surface area contributed by atoms with Crippen molar-refractivity contribution >= 4 is 11.7 Å². The molecule has 2 heterocycles. The van der Waals surface area contributed by atoms with Crippen LogP contribution in [-0.2, 0) is 11.3 Å². The van der Waals surface area contributed by atoms with Crippen LogP contribution in [-0.4, -0.2) is 33.9 Å². The smallest absolute Gasteiger partial charge is 0.300 e. The van der Waals surface area contributed by atoms with Crippen molar-refractivity contribution in [1.29, 1.82) is 0 Å². The quantitative estimate of drug-likeness (QED) is 0.872. The van der Waals surface area contributed by atoms with Gasteiger partial charge >= 0.3 is 6.18 Å². The number of anilines is 1. The number of amides is 1. The van der Waals surface area contributed by atoms with Crippen LogP contribution < -0.4 is 4.90 Å². The highest BCUT2D eigenvalue weighted by Gasteiger charge is 2.33. The van der Waals surface area contributed by atoms with Crippen LogP contribution in [0.3, 0.4) is 0 Å². The summed E-state index contributed by atoms with van der Waals surface area (Å²) >= 11 is 0. The number of nitrogens with zero attached hydrogens (tertiary/aromatic N) is 4. The monoisotopic (exact) mass is 312 g/mol. The fourth-order valence-electron chi connectivity index (χ4n) is 1.98. The van der Waals surface area contributed by atoms with Crippen molar-refractivity contribution < 1.29 is 18.0 Å². The maximum atomic E-state index is 12.4. The molecule has 0 aliphatic carbocycles. The number of carbonyl (C=O) groups is 1. The van der Waals surface area contributed by atoms with Gasteiger partial charge in [0.25, 0.3) is 0 Å². The highest BCUT2D eigenvalue weighted by Crippen LogP contribution is 2.26. The average Bonchev–Trinajstić information content (AvgIpc) is 2.89. The maximum Gasteiger partial charge on any atom is 0.397 e. The summed E-state index contributed by atoms with van der Waals surface area (Å²) in [5.41, 5.74) is 1.28. The molecule has 0 spiro atoms. The van der Waals surface area contributed by atoms with Crippen molar-refractivity contribution in [3.8, 4) is 11.3 Å². The first-order valence-electron chi connectivity index (χ1n) is 6.63. The van der Waals surface area contributed by atoms with Crippen LogP contribution >= 0.6 is 0 Å². The average molecular weight is 312 g/mol. The molecule has 0 bridgehead atoms. The summed E-state index contributed by atoms with van der Waals surface area (Å²) in [5.74, 6) is -0.713. The second-order valence-corrected chi connectivity index (χ2v) is 4.69. The predicted molar refractivity (Wildman–Crippen MR) is 75.2 cm³/mol. The van der Waals surface area contributed by atoms with Crippen LogP contribution in [0.2, 0.25) is 0 Å². The lowest BCUT2D eigenvalue weighted by Gasteiger charge is -2.18. The van der Waals surface area contributed by atoms with Gasteiger partial charge in [-0.05, 0) is 19.1 Å². The lowest BCUT2D eigenvalue weighted by atomic mass is 10.2. The van der Waals surface area contributed by atoms with E-state index in [2.05, 4.69) is 10.1 Å². The van der Waals surface area contributed by atoms with E-state index in [0.717, 1.165) is 10.5 Å². The van der Waals surface area contributed by atoms with Gasteiger partial charge in [-0.25, -0.2) is 4.68 Å². The van der Waals surface area contributed by atoms with Crippen molar-refractivity contribution in [2.75, 3.05) is 11.9 Å². The van der Waals surface area contributed by atoms with E-state index in [4.69, 9.17) is 0 Å². The standard InChI is InChI=1S/C14H15F3N4O/c1-3-21-12(20(2)13(22)8-14(15,16)17)7-11(19-21)10-5-4-6-18-9-10/h4-7,9H,3,8H2,1-2H3. The lowest BCUT2D eigenvalue weighted by Crippen LogP contribution is -2.32. The Morgan fingerprint density at radius 2 is 2.14 bits per heavy atom. The van der Waals surface area contributed by atoms with E-state index in [-0.39, 0.29) is 0 Å². The molecule has 0 aliphatic rings. The molecule has 0 saturated heterocycles. The highest BCUT2D eigenvalue weighted by molar-refractivity contribution is 5.92. The zero-order valence-corrected chi connectivity index (χ0v) is 12.1. The number of aromatic nitrogens is 3. The molecule has 0 atom stereocenters. The fraction of sp³-hybridized carbons (Fsp3) is 0.357. The van der Waals surface area contributed by atoms with Crippen LogP contribution in [0, 0.1) is 0 Å². The zero-order valence-electron chi connectivity index (χ0n) is 12.1. The number of pyridine rings is 1. The molecular weight excluding hydrogens is 297 g/mol. The Bertz CT molecular complexity index is 652. The normalized spacial score (nSPS) is 11.5. The summed E-state index contributed by atoms with van der Waals surface area (Å²) in [6, 6.07) is 5.10. The van der Waals surface area contributed by atoms with Crippen LogP contribution in [0.4, 0.5) is 19.0 Å². The van der Waals surface area contributed by atoms with E-state index in [0.29, 0.717) is 18.1 Å². The van der Waals surface area contributed by atoms with Crippen LogP contribution in [0.1, 0.15) is 13.3 Å². The van der Waals surface area contributed by atoms with Crippen molar-refractivity contribution in [2.24, 2.45) is 0 Å². The Morgan fingerprint density at radius 3 is 2.68 bits per heavy atom. The summed E-state index contributed by atoms with van der Waals surface area (Å²) in [4.78, 5) is 16.7. The van der Waals surface area contributed by atoms with Crippen molar-refractivity contribution in [2.45, 2.75) is 26.1 Å². The first kappa shape index (κ1) is 16.0. The molecule has 2 aromatic heterocycles. The van der Waals surface area contributed by atoms with Gasteiger partial charge in [0.15, 0.2) is 0 Å². The predicted octanol–water partition coefficient (Wildman–Crippen LogP) is 2.88. The molecule has 0 radical (unpaired) electrons. The molecule has 0 aromatic carbocycles. The minimum absolute atomic E-state index is 0.315. The second-order valence-electron chi connectivity index (χ2n) is 4.69. The largest absolute Gasteiger partial charge is 0.397 e. The summed E-state index contributed by atoms with van der Waals surface area (Å²) < 4.78 is 38.6. The molecule has 2 aromatic rings. The molecule has 0 N–H and O–H groups in total. The lowest BCUT2D eigenvalue weighted by molar-refractivity contribution is -0.151. The molecule has 1 amide bonds. The summed E-state index contributed by atoms with van der Waals surface area (Å²) in [6.07, 6.45) is -2.82. The Hall–Kier alpha value is -2.38. The summed E-state index contributed by atoms with van der Waals surface area (Å²) in [5, 5.41) is 4.30. The molecule has 118 valence electrons. The second kappa shape index (κ2) is 6.17. The van der Waals surface area contributed by atoms with E-state index in [9.17, 15) is 18.0 Å². The Labute approximate surface area is 125 Å². The summed E-state index contributed by atoms with van der Waals surface area (Å²) in [7, 11) is 1.31. The maximum absolute atomic E-state index is 12.4. The van der Waals surface area contributed by atoms with Crippen LogP contribution in [0.25, 0.3) is 11.3 Å². The van der Waals surface area contributed by atoms with Crippen molar-refractivity contribution in [3.05, 3.63) is 30.6 Å². The number of hydrogen-bond acceptors (Lipinski definition) is 3. The third-order valence-electron chi connectivity index (χ3n) is 3.08. The third-order valence-corrected chi connectivity index (χ3v) is 3.08. The van der Waals surface area contributed by atoms with Gasteiger partial charge in [0.2, 0.25) is 5.91 Å². The van der Waals surface area contributed by atoms with E-state index in [1.807, 2.05) is 0 Å². The molecule has 5 nitrogen and oxygen atoms in total. The van der Waals surface area contributed by atoms with Gasteiger partial charge in [0.1, 0.15) is 12.2 Å². The van der Waals surface area contributed by atoms with Gasteiger partial charge in [-0.1, -0.05) is 0 Å². The Morgan fingerprint density at radius 1 is 1.41 bits per heavy atom. The number of hydrogen-bond donors (Lipinski definition) is 0. The van der Waals surface area contributed by atoms with Gasteiger partial charge in [-0.2, -0.15) is 18.3 Å². The molecule has 0 fully saturated rings.